The number of nitrogens with one attached hydrogen (secondary N) is 1. The molecule has 1 fully saturated rings. The minimum absolute atomic E-state index is 0.580. The maximum atomic E-state index is 5.01. The van der Waals surface area contributed by atoms with Gasteiger partial charge in [0.2, 0.25) is 0 Å². The molecule has 94 valence electrons. The molecule has 3 nitrogen and oxygen atoms in total. The lowest BCUT2D eigenvalue weighted by Gasteiger charge is -2.31. The van der Waals surface area contributed by atoms with Crippen molar-refractivity contribution >= 4 is 12.2 Å². The Hall–Kier alpha value is -0.740. The number of rotatable bonds is 3. The van der Waals surface area contributed by atoms with Gasteiger partial charge in [-0.3, -0.25) is 4.90 Å². The Balaban J connectivity index is 1.95. The Morgan fingerprint density at radius 2 is 2.18 bits per heavy atom. The molecule has 1 N–H and O–H groups in total. The molecule has 17 heavy (non-hydrogen) atoms. The second-order valence-electron chi connectivity index (χ2n) is 4.97. The van der Waals surface area contributed by atoms with Crippen LogP contribution in [0.3, 0.4) is 0 Å². The first kappa shape index (κ1) is 12.7. The first-order valence-electron chi connectivity index (χ1n) is 6.46. The van der Waals surface area contributed by atoms with Crippen LogP contribution in [-0.2, 0) is 6.54 Å². The Morgan fingerprint density at radius 3 is 2.76 bits per heavy atom. The summed E-state index contributed by atoms with van der Waals surface area (Å²) < 4.78 is 0.580. The molecular weight excluding hydrogens is 230 g/mol. The highest BCUT2D eigenvalue weighted by atomic mass is 32.1. The molecule has 0 radical (unpaired) electrons. The van der Waals surface area contributed by atoms with Crippen LogP contribution in [-0.4, -0.2) is 28.0 Å². The summed E-state index contributed by atoms with van der Waals surface area (Å²) in [6.45, 7) is 7.81. The fraction of sp³-hybridized carbons (Fsp3) is 0.692. The van der Waals surface area contributed by atoms with Gasteiger partial charge in [0.15, 0.2) is 4.77 Å². The summed E-state index contributed by atoms with van der Waals surface area (Å²) in [7, 11) is 0. The molecule has 1 aliphatic heterocycles. The molecule has 0 bridgehead atoms. The van der Waals surface area contributed by atoms with E-state index in [0.29, 0.717) is 4.77 Å². The van der Waals surface area contributed by atoms with Crippen LogP contribution in [0.15, 0.2) is 6.20 Å². The molecule has 0 atom stereocenters. The van der Waals surface area contributed by atoms with Gasteiger partial charge >= 0.3 is 0 Å². The van der Waals surface area contributed by atoms with Crippen LogP contribution < -0.4 is 0 Å². The summed E-state index contributed by atoms with van der Waals surface area (Å²) in [6.07, 6.45) is 5.92. The van der Waals surface area contributed by atoms with Gasteiger partial charge in [-0.25, -0.2) is 4.98 Å². The van der Waals surface area contributed by atoms with Crippen molar-refractivity contribution in [3.8, 4) is 0 Å². The Bertz CT molecular complexity index is 419. The van der Waals surface area contributed by atoms with E-state index in [0.717, 1.165) is 18.2 Å². The number of likely N-dealkylation sites (tertiary alicyclic amines) is 1. The van der Waals surface area contributed by atoms with Gasteiger partial charge in [-0.2, -0.15) is 0 Å². The SMILES string of the molecule is CCC1CCN(Cc2cnc(=S)[nH]c2C)CC1. The van der Waals surface area contributed by atoms with Crippen LogP contribution in [0.2, 0.25) is 0 Å². The van der Waals surface area contributed by atoms with Crippen molar-refractivity contribution in [2.75, 3.05) is 13.1 Å². The summed E-state index contributed by atoms with van der Waals surface area (Å²) in [5.74, 6) is 0.937. The van der Waals surface area contributed by atoms with Gasteiger partial charge in [0, 0.05) is 24.0 Å². The van der Waals surface area contributed by atoms with E-state index in [1.807, 2.05) is 6.20 Å². The number of H-pyrrole nitrogens is 1. The van der Waals surface area contributed by atoms with Crippen molar-refractivity contribution in [2.45, 2.75) is 39.7 Å². The van der Waals surface area contributed by atoms with Crippen LogP contribution >= 0.6 is 12.2 Å². The molecular formula is C13H21N3S. The summed E-state index contributed by atoms with van der Waals surface area (Å²) >= 11 is 5.01. The van der Waals surface area contributed by atoms with Crippen LogP contribution in [0.25, 0.3) is 0 Å². The molecule has 0 amide bonds. The molecule has 2 heterocycles. The highest BCUT2D eigenvalue weighted by Crippen LogP contribution is 2.21. The van der Waals surface area contributed by atoms with Crippen molar-refractivity contribution < 1.29 is 0 Å². The van der Waals surface area contributed by atoms with E-state index >= 15 is 0 Å². The Kier molecular flexibility index (Phi) is 4.29. The maximum Gasteiger partial charge on any atom is 0.196 e. The molecule has 4 heteroatoms. The first-order valence-corrected chi connectivity index (χ1v) is 6.87. The summed E-state index contributed by atoms with van der Waals surface area (Å²) in [6, 6.07) is 0. The third kappa shape index (κ3) is 3.36. The molecule has 0 saturated carbocycles. The van der Waals surface area contributed by atoms with Crippen molar-refractivity contribution in [3.05, 3.63) is 22.2 Å². The van der Waals surface area contributed by atoms with Crippen LogP contribution in [0.5, 0.6) is 0 Å². The lowest BCUT2D eigenvalue weighted by Crippen LogP contribution is -2.33. The van der Waals surface area contributed by atoms with Gasteiger partial charge in [0.25, 0.3) is 0 Å². The van der Waals surface area contributed by atoms with Gasteiger partial charge < -0.3 is 4.98 Å². The number of nitrogens with zero attached hydrogens (tertiary/aromatic N) is 2. The van der Waals surface area contributed by atoms with Gasteiger partial charge in [-0.1, -0.05) is 13.3 Å². The van der Waals surface area contributed by atoms with E-state index in [4.69, 9.17) is 12.2 Å². The van der Waals surface area contributed by atoms with E-state index in [9.17, 15) is 0 Å². The predicted molar refractivity (Wildman–Crippen MR) is 72.5 cm³/mol. The van der Waals surface area contributed by atoms with E-state index in [1.54, 1.807) is 0 Å². The third-order valence-electron chi connectivity index (χ3n) is 3.79. The zero-order valence-electron chi connectivity index (χ0n) is 10.7. The van der Waals surface area contributed by atoms with E-state index in [-0.39, 0.29) is 0 Å². The molecule has 0 aliphatic carbocycles. The summed E-state index contributed by atoms with van der Waals surface area (Å²) in [5, 5.41) is 0. The lowest BCUT2D eigenvalue weighted by atomic mass is 9.94. The topological polar surface area (TPSA) is 31.9 Å². The zero-order valence-corrected chi connectivity index (χ0v) is 11.5. The highest BCUT2D eigenvalue weighted by molar-refractivity contribution is 7.71. The number of hydrogen-bond donors (Lipinski definition) is 1. The number of aryl methyl sites for hydroxylation is 1. The molecule has 1 saturated heterocycles. The smallest absolute Gasteiger partial charge is 0.196 e. The zero-order chi connectivity index (χ0) is 12.3. The van der Waals surface area contributed by atoms with Gasteiger partial charge in [-0.05, 0) is 51.0 Å². The third-order valence-corrected chi connectivity index (χ3v) is 4.00. The fourth-order valence-corrected chi connectivity index (χ4v) is 2.67. The number of aromatic nitrogens is 2. The normalized spacial score (nSPS) is 18.5. The second-order valence-corrected chi connectivity index (χ2v) is 5.35. The molecule has 0 aromatic carbocycles. The van der Waals surface area contributed by atoms with E-state index < -0.39 is 0 Å². The number of aromatic amines is 1. The molecule has 1 aromatic rings. The monoisotopic (exact) mass is 251 g/mol. The number of piperidine rings is 1. The van der Waals surface area contributed by atoms with Crippen LogP contribution in [0.4, 0.5) is 0 Å². The van der Waals surface area contributed by atoms with Crippen molar-refractivity contribution in [1.29, 1.82) is 0 Å². The van der Waals surface area contributed by atoms with Crippen molar-refractivity contribution in [2.24, 2.45) is 5.92 Å². The minimum atomic E-state index is 0.580. The Labute approximate surface area is 108 Å². The standard InChI is InChI=1S/C13H21N3S/c1-3-11-4-6-16(7-5-11)9-12-8-14-13(17)15-10(12)2/h8,11H,3-7,9H2,1-2H3,(H,14,15,17). The molecule has 0 unspecified atom stereocenters. The summed E-state index contributed by atoms with van der Waals surface area (Å²) in [4.78, 5) is 9.82. The average molecular weight is 251 g/mol. The Morgan fingerprint density at radius 1 is 1.47 bits per heavy atom. The number of hydrogen-bond acceptors (Lipinski definition) is 3. The highest BCUT2D eigenvalue weighted by Gasteiger charge is 2.18. The van der Waals surface area contributed by atoms with Crippen molar-refractivity contribution in [1.82, 2.24) is 14.9 Å². The summed E-state index contributed by atoms with van der Waals surface area (Å²) in [5.41, 5.74) is 2.43. The lowest BCUT2D eigenvalue weighted by molar-refractivity contribution is 0.174. The molecule has 0 spiro atoms. The van der Waals surface area contributed by atoms with Crippen LogP contribution in [0.1, 0.15) is 37.4 Å². The van der Waals surface area contributed by atoms with E-state index in [2.05, 4.69) is 28.7 Å². The maximum absolute atomic E-state index is 5.01. The molecule has 1 aromatic heterocycles. The molecule has 2 rings (SSSR count). The fourth-order valence-electron chi connectivity index (χ4n) is 2.46. The van der Waals surface area contributed by atoms with Gasteiger partial charge in [-0.15, -0.1) is 0 Å². The van der Waals surface area contributed by atoms with Crippen molar-refractivity contribution in [3.63, 3.8) is 0 Å². The largest absolute Gasteiger partial charge is 0.334 e. The minimum Gasteiger partial charge on any atom is -0.334 e. The second kappa shape index (κ2) is 5.74. The van der Waals surface area contributed by atoms with Crippen LogP contribution in [0, 0.1) is 17.6 Å². The molecule has 1 aliphatic rings. The quantitative estimate of drug-likeness (QED) is 0.838. The van der Waals surface area contributed by atoms with Gasteiger partial charge in [0.1, 0.15) is 0 Å². The van der Waals surface area contributed by atoms with Gasteiger partial charge in [0.05, 0.1) is 0 Å². The predicted octanol–water partition coefficient (Wildman–Crippen LogP) is 3.07. The average Bonchev–Trinajstić information content (AvgIpc) is 2.34. The van der Waals surface area contributed by atoms with E-state index in [1.165, 1.54) is 37.9 Å². The first-order chi connectivity index (χ1) is 8.19.